The topological polar surface area (TPSA) is 89.6 Å². The highest BCUT2D eigenvalue weighted by Crippen LogP contribution is 2.30. The number of rotatable bonds is 2. The summed E-state index contributed by atoms with van der Waals surface area (Å²) in [6.45, 7) is 7.52. The second-order valence-electron chi connectivity index (χ2n) is 6.01. The second kappa shape index (κ2) is 6.85. The van der Waals surface area contributed by atoms with Crippen molar-refractivity contribution in [1.82, 2.24) is 30.4 Å². The SMILES string of the molecule is Cc1cc(-c2nc(-c3c(C)ncc4c3CCNC4)no2)nc(C)n1.Cl. The molecule has 0 fully saturated rings. The third-order valence-corrected chi connectivity index (χ3v) is 4.17. The van der Waals surface area contributed by atoms with Crippen LogP contribution in [0.15, 0.2) is 16.8 Å². The van der Waals surface area contributed by atoms with E-state index in [1.807, 2.05) is 33.0 Å². The van der Waals surface area contributed by atoms with Crippen molar-refractivity contribution in [2.24, 2.45) is 0 Å². The molecule has 0 spiro atoms. The summed E-state index contributed by atoms with van der Waals surface area (Å²) in [6, 6.07) is 1.85. The fourth-order valence-corrected chi connectivity index (χ4v) is 3.12. The summed E-state index contributed by atoms with van der Waals surface area (Å²) < 4.78 is 5.47. The minimum atomic E-state index is 0. The van der Waals surface area contributed by atoms with Crippen LogP contribution in [0.4, 0.5) is 0 Å². The normalized spacial score (nSPS) is 13.2. The molecular weight excluding hydrogens is 340 g/mol. The first-order valence-corrected chi connectivity index (χ1v) is 7.96. The summed E-state index contributed by atoms with van der Waals surface area (Å²) in [4.78, 5) is 17.7. The number of pyridine rings is 1. The van der Waals surface area contributed by atoms with E-state index in [0.29, 0.717) is 23.2 Å². The Morgan fingerprint density at radius 1 is 1.12 bits per heavy atom. The molecule has 3 aromatic heterocycles. The molecule has 0 aromatic carbocycles. The van der Waals surface area contributed by atoms with Crippen LogP contribution in [0.25, 0.3) is 23.0 Å². The monoisotopic (exact) mass is 358 g/mol. The molecule has 0 saturated carbocycles. The molecular formula is C17H19ClN6O. The lowest BCUT2D eigenvalue weighted by Crippen LogP contribution is -2.24. The Labute approximate surface area is 151 Å². The molecule has 0 bridgehead atoms. The molecule has 0 aliphatic carbocycles. The molecule has 1 N–H and O–H groups in total. The van der Waals surface area contributed by atoms with Gasteiger partial charge in [-0.25, -0.2) is 9.97 Å². The van der Waals surface area contributed by atoms with Crippen LogP contribution >= 0.6 is 12.4 Å². The standard InChI is InChI=1S/C17H18N6O.ClH/c1-9-6-14(21-11(3)20-9)17-22-16(23-24-17)15-10(2)19-8-12-7-18-5-4-13(12)15;/h6,8,18H,4-5,7H2,1-3H3;1H. The number of nitrogens with one attached hydrogen (secondary N) is 1. The van der Waals surface area contributed by atoms with Crippen LogP contribution in [0.5, 0.6) is 0 Å². The van der Waals surface area contributed by atoms with Crippen LogP contribution < -0.4 is 5.32 Å². The Morgan fingerprint density at radius 2 is 1.96 bits per heavy atom. The van der Waals surface area contributed by atoms with Crippen molar-refractivity contribution in [2.45, 2.75) is 33.7 Å². The summed E-state index contributed by atoms with van der Waals surface area (Å²) >= 11 is 0. The van der Waals surface area contributed by atoms with Crippen LogP contribution in [0, 0.1) is 20.8 Å². The largest absolute Gasteiger partial charge is 0.332 e. The lowest BCUT2D eigenvalue weighted by molar-refractivity contribution is 0.430. The van der Waals surface area contributed by atoms with Gasteiger partial charge in [-0.15, -0.1) is 12.4 Å². The molecule has 3 aromatic rings. The number of hydrogen-bond donors (Lipinski definition) is 1. The van der Waals surface area contributed by atoms with Crippen molar-refractivity contribution in [3.63, 3.8) is 0 Å². The molecule has 0 radical (unpaired) electrons. The summed E-state index contributed by atoms with van der Waals surface area (Å²) in [6.07, 6.45) is 2.86. The molecule has 1 aliphatic rings. The third kappa shape index (κ3) is 3.25. The van der Waals surface area contributed by atoms with Crippen LogP contribution in [-0.2, 0) is 13.0 Å². The Bertz CT molecular complexity index is 903. The minimum absolute atomic E-state index is 0. The van der Waals surface area contributed by atoms with Gasteiger partial charge in [-0.2, -0.15) is 4.98 Å². The molecule has 1 aliphatic heterocycles. The Kier molecular flexibility index (Phi) is 4.78. The quantitative estimate of drug-likeness (QED) is 0.752. The van der Waals surface area contributed by atoms with Gasteiger partial charge in [0.05, 0.1) is 0 Å². The van der Waals surface area contributed by atoms with Gasteiger partial charge in [0.2, 0.25) is 5.82 Å². The number of aromatic nitrogens is 5. The molecule has 0 atom stereocenters. The van der Waals surface area contributed by atoms with E-state index < -0.39 is 0 Å². The van der Waals surface area contributed by atoms with Crippen LogP contribution in [0.1, 0.15) is 28.3 Å². The Balaban J connectivity index is 0.00000182. The second-order valence-corrected chi connectivity index (χ2v) is 6.01. The number of halogens is 1. The molecule has 0 amide bonds. The molecule has 0 saturated heterocycles. The summed E-state index contributed by atoms with van der Waals surface area (Å²) in [5.41, 5.74) is 5.87. The summed E-state index contributed by atoms with van der Waals surface area (Å²) in [7, 11) is 0. The van der Waals surface area contributed by atoms with Crippen molar-refractivity contribution in [1.29, 1.82) is 0 Å². The van der Waals surface area contributed by atoms with E-state index >= 15 is 0 Å². The molecule has 130 valence electrons. The highest BCUT2D eigenvalue weighted by Gasteiger charge is 2.21. The fraction of sp³-hybridized carbons (Fsp3) is 0.353. The lowest BCUT2D eigenvalue weighted by Gasteiger charge is -2.19. The predicted octanol–water partition coefficient (Wildman–Crippen LogP) is 2.58. The maximum Gasteiger partial charge on any atom is 0.276 e. The van der Waals surface area contributed by atoms with Gasteiger partial charge < -0.3 is 9.84 Å². The van der Waals surface area contributed by atoms with Crippen LogP contribution in [-0.4, -0.2) is 31.6 Å². The number of hydrogen-bond acceptors (Lipinski definition) is 7. The van der Waals surface area contributed by atoms with E-state index in [1.54, 1.807) is 0 Å². The van der Waals surface area contributed by atoms with E-state index in [2.05, 4.69) is 30.4 Å². The number of fused-ring (bicyclic) bond motifs is 1. The van der Waals surface area contributed by atoms with Crippen molar-refractivity contribution in [3.8, 4) is 23.0 Å². The van der Waals surface area contributed by atoms with Gasteiger partial charge in [-0.05, 0) is 50.9 Å². The first kappa shape index (κ1) is 17.4. The van der Waals surface area contributed by atoms with E-state index in [0.717, 1.165) is 36.5 Å². The van der Waals surface area contributed by atoms with E-state index in [9.17, 15) is 0 Å². The predicted molar refractivity (Wildman–Crippen MR) is 95.4 cm³/mol. The third-order valence-electron chi connectivity index (χ3n) is 4.17. The zero-order valence-electron chi connectivity index (χ0n) is 14.3. The Hall–Kier alpha value is -2.38. The molecule has 8 heteroatoms. The number of nitrogens with zero attached hydrogens (tertiary/aromatic N) is 5. The molecule has 0 unspecified atom stereocenters. The van der Waals surface area contributed by atoms with Crippen LogP contribution in [0.2, 0.25) is 0 Å². The average Bonchev–Trinajstić information content (AvgIpc) is 3.03. The van der Waals surface area contributed by atoms with E-state index in [-0.39, 0.29) is 12.4 Å². The molecule has 4 heterocycles. The highest BCUT2D eigenvalue weighted by atomic mass is 35.5. The van der Waals surface area contributed by atoms with Crippen molar-refractivity contribution in [2.75, 3.05) is 6.54 Å². The van der Waals surface area contributed by atoms with Gasteiger partial charge in [-0.3, -0.25) is 4.98 Å². The molecule has 7 nitrogen and oxygen atoms in total. The maximum atomic E-state index is 5.47. The fourth-order valence-electron chi connectivity index (χ4n) is 3.12. The van der Waals surface area contributed by atoms with Gasteiger partial charge in [0.15, 0.2) is 0 Å². The zero-order chi connectivity index (χ0) is 16.7. The van der Waals surface area contributed by atoms with Crippen LogP contribution in [0.3, 0.4) is 0 Å². The van der Waals surface area contributed by atoms with Gasteiger partial charge in [0, 0.05) is 29.7 Å². The number of aryl methyl sites for hydroxylation is 3. The first-order valence-electron chi connectivity index (χ1n) is 7.96. The van der Waals surface area contributed by atoms with E-state index in [4.69, 9.17) is 4.52 Å². The average molecular weight is 359 g/mol. The van der Waals surface area contributed by atoms with Gasteiger partial charge in [0.25, 0.3) is 5.89 Å². The van der Waals surface area contributed by atoms with Crippen molar-refractivity contribution in [3.05, 3.63) is 40.6 Å². The first-order chi connectivity index (χ1) is 11.6. The highest BCUT2D eigenvalue weighted by molar-refractivity contribution is 5.85. The Morgan fingerprint density at radius 3 is 2.76 bits per heavy atom. The zero-order valence-corrected chi connectivity index (χ0v) is 15.1. The van der Waals surface area contributed by atoms with Gasteiger partial charge >= 0.3 is 0 Å². The summed E-state index contributed by atoms with van der Waals surface area (Å²) in [5.74, 6) is 1.66. The van der Waals surface area contributed by atoms with Crippen molar-refractivity contribution < 1.29 is 4.52 Å². The molecule has 25 heavy (non-hydrogen) atoms. The van der Waals surface area contributed by atoms with Gasteiger partial charge in [0.1, 0.15) is 11.5 Å². The molecule has 4 rings (SSSR count). The van der Waals surface area contributed by atoms with Gasteiger partial charge in [-0.1, -0.05) is 5.16 Å². The minimum Gasteiger partial charge on any atom is -0.332 e. The summed E-state index contributed by atoms with van der Waals surface area (Å²) in [5, 5.41) is 7.55. The smallest absolute Gasteiger partial charge is 0.276 e. The maximum absolute atomic E-state index is 5.47. The van der Waals surface area contributed by atoms with Crippen molar-refractivity contribution >= 4 is 12.4 Å². The van der Waals surface area contributed by atoms with E-state index in [1.165, 1.54) is 11.1 Å². The lowest BCUT2D eigenvalue weighted by atomic mass is 9.95.